The molecule has 0 nitrogen and oxygen atoms in total. The summed E-state index contributed by atoms with van der Waals surface area (Å²) >= 11 is 0. The van der Waals surface area contributed by atoms with Gasteiger partial charge in [-0.2, -0.15) is 0 Å². The van der Waals surface area contributed by atoms with Gasteiger partial charge in [0.2, 0.25) is 0 Å². The molecular formula is C16H14. The summed E-state index contributed by atoms with van der Waals surface area (Å²) in [6.07, 6.45) is 0.795. The summed E-state index contributed by atoms with van der Waals surface area (Å²) in [5.74, 6) is 0. The van der Waals surface area contributed by atoms with Gasteiger partial charge in [-0.25, -0.2) is 0 Å². The molecule has 1 aliphatic carbocycles. The maximum absolute atomic E-state index is 7.60. The lowest BCUT2D eigenvalue weighted by Gasteiger charge is -2.15. The Kier molecular flexibility index (Phi) is 1.56. The molecule has 0 unspecified atom stereocenters. The van der Waals surface area contributed by atoms with Gasteiger partial charge in [-0.3, -0.25) is 0 Å². The van der Waals surface area contributed by atoms with E-state index in [1.165, 1.54) is 11.1 Å². The lowest BCUT2D eigenvalue weighted by molar-refractivity contribution is 0.881. The highest BCUT2D eigenvalue weighted by Gasteiger charge is 2.49. The van der Waals surface area contributed by atoms with Crippen LogP contribution in [0.15, 0.2) is 72.8 Å². The molecule has 0 radical (unpaired) electrons. The first-order chi connectivity index (χ1) is 8.75. The molecule has 0 aliphatic heterocycles. The van der Waals surface area contributed by atoms with Crippen molar-refractivity contribution in [3.63, 3.8) is 0 Å². The second kappa shape index (κ2) is 3.34. The highest BCUT2D eigenvalue weighted by atomic mass is 14.5. The monoisotopic (exact) mass is 208 g/mol. The van der Waals surface area contributed by atoms with E-state index in [0.717, 1.165) is 12.0 Å². The van der Waals surface area contributed by atoms with Gasteiger partial charge in [-0.1, -0.05) is 72.8 Å². The molecule has 1 saturated carbocycles. The summed E-state index contributed by atoms with van der Waals surface area (Å²) in [7, 11) is 0. The Morgan fingerprint density at radius 3 is 1.75 bits per heavy atom. The summed E-state index contributed by atoms with van der Waals surface area (Å²) in [6, 6.07) is 20.4. The average molecular weight is 208 g/mol. The second-order valence-electron chi connectivity index (χ2n) is 4.29. The Balaban J connectivity index is 2.17. The van der Waals surface area contributed by atoms with Crippen LogP contribution in [-0.4, -0.2) is 0 Å². The third-order valence-corrected chi connectivity index (χ3v) is 3.37. The molecule has 78 valence electrons. The van der Waals surface area contributed by atoms with Gasteiger partial charge in [0.05, 0.1) is 2.74 Å². The number of allylic oxidation sites excluding steroid dienone is 1. The first-order valence-electron chi connectivity index (χ1n) is 6.53. The topological polar surface area (TPSA) is 0 Å². The first-order valence-corrected chi connectivity index (χ1v) is 5.53. The summed E-state index contributed by atoms with van der Waals surface area (Å²) in [5, 5.41) is 0. The maximum atomic E-state index is 7.60. The third-order valence-electron chi connectivity index (χ3n) is 3.37. The number of hydrogen-bond donors (Lipinski definition) is 0. The highest BCUT2D eigenvalue weighted by molar-refractivity contribution is 5.58. The average Bonchev–Trinajstić information content (AvgIpc) is 3.18. The molecule has 0 amide bonds. The van der Waals surface area contributed by atoms with Crippen LogP contribution in [0.3, 0.4) is 0 Å². The molecule has 2 aromatic rings. The van der Waals surface area contributed by atoms with Crippen LogP contribution in [0, 0.1) is 0 Å². The predicted molar refractivity (Wildman–Crippen MR) is 67.4 cm³/mol. The largest absolute Gasteiger partial charge is 0.0986 e. The molecule has 1 fully saturated rings. The number of rotatable bonds is 2. The van der Waals surface area contributed by atoms with Crippen molar-refractivity contribution < 1.29 is 2.74 Å². The van der Waals surface area contributed by atoms with E-state index in [1.54, 1.807) is 0 Å². The molecular weight excluding hydrogens is 192 g/mol. The fourth-order valence-electron chi connectivity index (χ4n) is 2.39. The van der Waals surface area contributed by atoms with Gasteiger partial charge < -0.3 is 0 Å². The number of hydrogen-bond acceptors (Lipinski definition) is 0. The van der Waals surface area contributed by atoms with Crippen LogP contribution >= 0.6 is 0 Å². The van der Waals surface area contributed by atoms with Gasteiger partial charge in [0, 0.05) is 5.41 Å². The van der Waals surface area contributed by atoms with Crippen molar-refractivity contribution in [3.05, 3.63) is 83.9 Å². The lowest BCUT2D eigenvalue weighted by atomic mass is 9.87. The normalized spacial score (nSPS) is 18.6. The molecule has 3 rings (SSSR count). The zero-order valence-corrected chi connectivity index (χ0v) is 8.98. The minimum Gasteiger partial charge on any atom is -0.0986 e. The standard InChI is InChI=1S/C16H14/c1-13-12-16(13,14-8-4-2-5-9-14)15-10-6-3-7-11-15/h2-11H,1,12H2/i1D2. The Morgan fingerprint density at radius 2 is 1.38 bits per heavy atom. The summed E-state index contributed by atoms with van der Waals surface area (Å²) in [5.41, 5.74) is 3.06. The van der Waals surface area contributed by atoms with Gasteiger partial charge in [0.15, 0.2) is 0 Å². The van der Waals surface area contributed by atoms with E-state index >= 15 is 0 Å². The van der Waals surface area contributed by atoms with Gasteiger partial charge in [-0.05, 0) is 17.5 Å². The maximum Gasteiger partial charge on any atom is 0.0538 e. The van der Waals surface area contributed by atoms with Gasteiger partial charge in [0.25, 0.3) is 0 Å². The van der Waals surface area contributed by atoms with Gasteiger partial charge in [0.1, 0.15) is 0 Å². The number of benzene rings is 2. The van der Waals surface area contributed by atoms with E-state index in [0.29, 0.717) is 0 Å². The Morgan fingerprint density at radius 1 is 0.875 bits per heavy atom. The molecule has 0 spiro atoms. The van der Waals surface area contributed by atoms with Crippen LogP contribution in [0.5, 0.6) is 0 Å². The molecule has 1 aliphatic rings. The fraction of sp³-hybridized carbons (Fsp3) is 0.125. The van der Waals surface area contributed by atoms with E-state index < -0.39 is 0 Å². The Bertz CT molecular complexity index is 542. The Labute approximate surface area is 99.1 Å². The minimum atomic E-state index is -0.221. The van der Waals surface area contributed by atoms with Crippen molar-refractivity contribution >= 4 is 0 Å². The van der Waals surface area contributed by atoms with Crippen molar-refractivity contribution in [2.45, 2.75) is 11.8 Å². The molecule has 0 N–H and O–H groups in total. The minimum absolute atomic E-state index is 0.0392. The van der Waals surface area contributed by atoms with Crippen molar-refractivity contribution in [2.24, 2.45) is 0 Å². The van der Waals surface area contributed by atoms with Crippen LogP contribution in [0.2, 0.25) is 0 Å². The fourth-order valence-corrected chi connectivity index (χ4v) is 2.39. The molecule has 2 aromatic carbocycles. The molecule has 0 aromatic heterocycles. The van der Waals surface area contributed by atoms with Crippen LogP contribution in [0.4, 0.5) is 0 Å². The van der Waals surface area contributed by atoms with Crippen LogP contribution in [0.1, 0.15) is 20.3 Å². The van der Waals surface area contributed by atoms with E-state index in [4.69, 9.17) is 2.74 Å². The van der Waals surface area contributed by atoms with E-state index in [1.807, 2.05) is 36.4 Å². The lowest BCUT2D eigenvalue weighted by Crippen LogP contribution is -2.08. The van der Waals surface area contributed by atoms with Crippen molar-refractivity contribution in [2.75, 3.05) is 0 Å². The summed E-state index contributed by atoms with van der Waals surface area (Å²) < 4.78 is 15.2. The molecule has 0 atom stereocenters. The van der Waals surface area contributed by atoms with Crippen molar-refractivity contribution in [3.8, 4) is 0 Å². The molecule has 0 heteroatoms. The Hall–Kier alpha value is -1.82. The first kappa shape index (κ1) is 7.45. The highest BCUT2D eigenvalue weighted by Crippen LogP contribution is 2.57. The zero-order chi connectivity index (χ0) is 12.6. The molecule has 0 saturated heterocycles. The summed E-state index contributed by atoms with van der Waals surface area (Å²) in [6.45, 7) is -0.0392. The van der Waals surface area contributed by atoms with Crippen molar-refractivity contribution in [1.82, 2.24) is 0 Å². The van der Waals surface area contributed by atoms with Gasteiger partial charge in [-0.15, -0.1) is 0 Å². The van der Waals surface area contributed by atoms with E-state index in [9.17, 15) is 0 Å². The van der Waals surface area contributed by atoms with E-state index in [2.05, 4.69) is 24.3 Å². The summed E-state index contributed by atoms with van der Waals surface area (Å²) in [4.78, 5) is 0. The molecule has 0 heterocycles. The molecule has 16 heavy (non-hydrogen) atoms. The molecule has 0 bridgehead atoms. The predicted octanol–water partition coefficient (Wildman–Crippen LogP) is 3.93. The smallest absolute Gasteiger partial charge is 0.0538 e. The third kappa shape index (κ3) is 1.23. The quantitative estimate of drug-likeness (QED) is 0.656. The van der Waals surface area contributed by atoms with E-state index in [-0.39, 0.29) is 11.9 Å². The zero-order valence-electron chi connectivity index (χ0n) is 11.0. The van der Waals surface area contributed by atoms with Crippen molar-refractivity contribution in [1.29, 1.82) is 0 Å². The second-order valence-corrected chi connectivity index (χ2v) is 4.29. The SMILES string of the molecule is [2H]C([2H])=C1CC1(c1ccccc1)c1ccccc1. The van der Waals surface area contributed by atoms with Crippen LogP contribution < -0.4 is 0 Å². The van der Waals surface area contributed by atoms with Crippen LogP contribution in [-0.2, 0) is 5.41 Å². The van der Waals surface area contributed by atoms with Gasteiger partial charge >= 0.3 is 0 Å². The van der Waals surface area contributed by atoms with Crippen LogP contribution in [0.25, 0.3) is 0 Å².